The zero-order valence-electron chi connectivity index (χ0n) is 13.0. The molecule has 1 fully saturated rings. The standard InChI is InChI=1S/C18H19N5/c1-4-11-22(12-5-1)16-7-6-10-20-18(16)15-13-21-23(14-15)17-8-2-3-9-19-17/h2-3,6-10,13-14H,1,4-5,11-12H2. The molecule has 4 rings (SSSR count). The highest BCUT2D eigenvalue weighted by Gasteiger charge is 2.17. The van der Waals surface area contributed by atoms with Crippen molar-refractivity contribution < 1.29 is 0 Å². The minimum atomic E-state index is 0.814. The van der Waals surface area contributed by atoms with E-state index in [1.54, 1.807) is 10.9 Å². The van der Waals surface area contributed by atoms with E-state index in [-0.39, 0.29) is 0 Å². The maximum absolute atomic E-state index is 4.62. The first-order valence-electron chi connectivity index (χ1n) is 8.08. The maximum Gasteiger partial charge on any atom is 0.153 e. The molecule has 0 unspecified atom stereocenters. The monoisotopic (exact) mass is 305 g/mol. The van der Waals surface area contributed by atoms with Crippen LogP contribution in [0.4, 0.5) is 5.69 Å². The largest absolute Gasteiger partial charge is 0.370 e. The third kappa shape index (κ3) is 2.82. The van der Waals surface area contributed by atoms with Gasteiger partial charge in [-0.15, -0.1) is 0 Å². The van der Waals surface area contributed by atoms with Gasteiger partial charge in [-0.25, -0.2) is 9.67 Å². The second-order valence-corrected chi connectivity index (χ2v) is 5.78. The average molecular weight is 305 g/mol. The Balaban J connectivity index is 1.70. The fourth-order valence-electron chi connectivity index (χ4n) is 3.07. The van der Waals surface area contributed by atoms with Crippen LogP contribution in [0.3, 0.4) is 0 Å². The first kappa shape index (κ1) is 13.9. The predicted octanol–water partition coefficient (Wildman–Crippen LogP) is 3.32. The van der Waals surface area contributed by atoms with Gasteiger partial charge in [0.05, 0.1) is 17.6 Å². The van der Waals surface area contributed by atoms with Crippen LogP contribution in [0.25, 0.3) is 17.1 Å². The average Bonchev–Trinajstić information content (AvgIpc) is 3.13. The number of hydrogen-bond donors (Lipinski definition) is 0. The molecule has 0 spiro atoms. The first-order valence-corrected chi connectivity index (χ1v) is 8.08. The summed E-state index contributed by atoms with van der Waals surface area (Å²) in [6.07, 6.45) is 11.3. The fourth-order valence-corrected chi connectivity index (χ4v) is 3.07. The molecule has 0 saturated carbocycles. The van der Waals surface area contributed by atoms with Gasteiger partial charge in [-0.05, 0) is 43.5 Å². The summed E-state index contributed by atoms with van der Waals surface area (Å²) in [7, 11) is 0. The fraction of sp³-hybridized carbons (Fsp3) is 0.278. The van der Waals surface area contributed by atoms with Crippen LogP contribution in [0.2, 0.25) is 0 Å². The number of nitrogens with zero attached hydrogens (tertiary/aromatic N) is 5. The van der Waals surface area contributed by atoms with Gasteiger partial charge in [-0.1, -0.05) is 6.07 Å². The van der Waals surface area contributed by atoms with Crippen LogP contribution in [0, 0.1) is 0 Å². The van der Waals surface area contributed by atoms with Crippen molar-refractivity contribution in [1.82, 2.24) is 19.7 Å². The van der Waals surface area contributed by atoms with Gasteiger partial charge in [0.25, 0.3) is 0 Å². The molecule has 0 aliphatic carbocycles. The number of aromatic nitrogens is 4. The van der Waals surface area contributed by atoms with Crippen molar-refractivity contribution in [3.8, 4) is 17.1 Å². The summed E-state index contributed by atoms with van der Waals surface area (Å²) < 4.78 is 1.80. The molecule has 3 aromatic heterocycles. The third-order valence-electron chi connectivity index (χ3n) is 4.22. The van der Waals surface area contributed by atoms with Crippen LogP contribution in [0.15, 0.2) is 55.1 Å². The molecule has 1 saturated heterocycles. The van der Waals surface area contributed by atoms with E-state index in [4.69, 9.17) is 0 Å². The molecule has 3 aromatic rings. The van der Waals surface area contributed by atoms with Crippen LogP contribution in [-0.4, -0.2) is 32.8 Å². The van der Waals surface area contributed by atoms with Crippen LogP contribution in [-0.2, 0) is 0 Å². The molecule has 0 radical (unpaired) electrons. The van der Waals surface area contributed by atoms with E-state index in [0.717, 1.165) is 30.2 Å². The van der Waals surface area contributed by atoms with E-state index >= 15 is 0 Å². The maximum atomic E-state index is 4.62. The number of pyridine rings is 2. The van der Waals surface area contributed by atoms with E-state index in [0.29, 0.717) is 0 Å². The highest BCUT2D eigenvalue weighted by Crippen LogP contribution is 2.30. The smallest absolute Gasteiger partial charge is 0.153 e. The van der Waals surface area contributed by atoms with Crippen molar-refractivity contribution in [2.45, 2.75) is 19.3 Å². The van der Waals surface area contributed by atoms with Gasteiger partial charge in [0, 0.05) is 37.2 Å². The zero-order chi connectivity index (χ0) is 15.5. The molecule has 0 N–H and O–H groups in total. The molecule has 0 bridgehead atoms. The third-order valence-corrected chi connectivity index (χ3v) is 4.22. The molecule has 5 nitrogen and oxygen atoms in total. The quantitative estimate of drug-likeness (QED) is 0.745. The number of hydrogen-bond acceptors (Lipinski definition) is 4. The highest BCUT2D eigenvalue weighted by atomic mass is 15.3. The van der Waals surface area contributed by atoms with E-state index in [9.17, 15) is 0 Å². The van der Waals surface area contributed by atoms with E-state index in [1.807, 2.05) is 42.9 Å². The predicted molar refractivity (Wildman–Crippen MR) is 90.7 cm³/mol. The van der Waals surface area contributed by atoms with Crippen molar-refractivity contribution in [3.05, 3.63) is 55.1 Å². The normalized spacial score (nSPS) is 14.9. The molecule has 116 valence electrons. The van der Waals surface area contributed by atoms with Crippen molar-refractivity contribution in [1.29, 1.82) is 0 Å². The summed E-state index contributed by atoms with van der Waals surface area (Å²) in [5.74, 6) is 0.814. The van der Waals surface area contributed by atoms with Gasteiger partial charge in [0.2, 0.25) is 0 Å². The second-order valence-electron chi connectivity index (χ2n) is 5.78. The van der Waals surface area contributed by atoms with Crippen LogP contribution in [0.5, 0.6) is 0 Å². The minimum absolute atomic E-state index is 0.814. The van der Waals surface area contributed by atoms with Gasteiger partial charge in [0.15, 0.2) is 5.82 Å². The van der Waals surface area contributed by atoms with Crippen LogP contribution in [0.1, 0.15) is 19.3 Å². The Kier molecular flexibility index (Phi) is 3.76. The highest BCUT2D eigenvalue weighted by molar-refractivity contribution is 5.74. The summed E-state index contributed by atoms with van der Waals surface area (Å²) >= 11 is 0. The summed E-state index contributed by atoms with van der Waals surface area (Å²) in [5, 5.41) is 4.44. The molecule has 0 atom stereocenters. The molecule has 5 heteroatoms. The Morgan fingerprint density at radius 3 is 2.57 bits per heavy atom. The molecule has 0 aromatic carbocycles. The molecule has 4 heterocycles. The number of anilines is 1. The van der Waals surface area contributed by atoms with Crippen molar-refractivity contribution >= 4 is 5.69 Å². The number of rotatable bonds is 3. The summed E-state index contributed by atoms with van der Waals surface area (Å²) in [5.41, 5.74) is 3.22. The lowest BCUT2D eigenvalue weighted by atomic mass is 10.1. The van der Waals surface area contributed by atoms with Gasteiger partial charge in [-0.2, -0.15) is 5.10 Å². The Morgan fingerprint density at radius 2 is 1.74 bits per heavy atom. The summed E-state index contributed by atoms with van der Waals surface area (Å²) in [6, 6.07) is 9.98. The summed E-state index contributed by atoms with van der Waals surface area (Å²) in [6.45, 7) is 2.21. The van der Waals surface area contributed by atoms with Gasteiger partial charge >= 0.3 is 0 Å². The van der Waals surface area contributed by atoms with Crippen molar-refractivity contribution in [3.63, 3.8) is 0 Å². The van der Waals surface area contributed by atoms with Gasteiger partial charge in [-0.3, -0.25) is 4.98 Å². The van der Waals surface area contributed by atoms with E-state index < -0.39 is 0 Å². The zero-order valence-corrected chi connectivity index (χ0v) is 13.0. The molecule has 1 aliphatic rings. The Morgan fingerprint density at radius 1 is 0.870 bits per heavy atom. The van der Waals surface area contributed by atoms with Crippen molar-refractivity contribution in [2.75, 3.05) is 18.0 Å². The topological polar surface area (TPSA) is 46.8 Å². The Hall–Kier alpha value is -2.69. The van der Waals surface area contributed by atoms with E-state index in [1.165, 1.54) is 24.9 Å². The Bertz CT molecular complexity index is 775. The molecule has 1 aliphatic heterocycles. The van der Waals surface area contributed by atoms with Gasteiger partial charge in [0.1, 0.15) is 0 Å². The van der Waals surface area contributed by atoms with Crippen molar-refractivity contribution in [2.24, 2.45) is 0 Å². The van der Waals surface area contributed by atoms with Gasteiger partial charge < -0.3 is 4.90 Å². The molecular formula is C18H19N5. The molecule has 23 heavy (non-hydrogen) atoms. The number of piperidine rings is 1. The second kappa shape index (κ2) is 6.20. The molecule has 0 amide bonds. The lowest BCUT2D eigenvalue weighted by molar-refractivity contribution is 0.578. The lowest BCUT2D eigenvalue weighted by Crippen LogP contribution is -2.29. The van der Waals surface area contributed by atoms with E-state index in [2.05, 4.69) is 26.0 Å². The minimum Gasteiger partial charge on any atom is -0.370 e. The summed E-state index contributed by atoms with van der Waals surface area (Å²) in [4.78, 5) is 11.4. The molecular weight excluding hydrogens is 286 g/mol. The Labute approximate surface area is 135 Å². The first-order chi connectivity index (χ1) is 11.4. The van der Waals surface area contributed by atoms with Crippen LogP contribution >= 0.6 is 0 Å². The lowest BCUT2D eigenvalue weighted by Gasteiger charge is -2.29. The SMILES string of the molecule is c1ccc(-n2cc(-c3ncccc3N3CCCCC3)cn2)nc1. The van der Waals surface area contributed by atoms with Crippen LogP contribution < -0.4 is 4.90 Å².